The number of halogens is 2. The number of ether oxygens (including phenoxy) is 2. The highest BCUT2D eigenvalue weighted by Gasteiger charge is 2.21. The zero-order valence-corrected chi connectivity index (χ0v) is 12.8. The van der Waals surface area contributed by atoms with Crippen molar-refractivity contribution in [1.29, 1.82) is 0 Å². The molecule has 0 N–H and O–H groups in total. The van der Waals surface area contributed by atoms with E-state index < -0.39 is 6.10 Å². The molecule has 0 aliphatic carbocycles. The van der Waals surface area contributed by atoms with Crippen molar-refractivity contribution in [1.82, 2.24) is 0 Å². The molecule has 0 aliphatic rings. The lowest BCUT2D eigenvalue weighted by Gasteiger charge is -2.17. The van der Waals surface area contributed by atoms with Crippen LogP contribution in [-0.2, 0) is 9.53 Å². The predicted octanol–water partition coefficient (Wildman–Crippen LogP) is 4.21. The van der Waals surface area contributed by atoms with E-state index in [1.54, 1.807) is 18.2 Å². The normalized spacial score (nSPS) is 12.0. The molecule has 100 valence electrons. The molecule has 1 aromatic rings. The average Bonchev–Trinajstić information content (AvgIpc) is 2.36. The fraction of sp³-hybridized carbons (Fsp3) is 0.462. The number of carbonyl (C=O) groups is 1. The molecule has 5 heteroatoms. The summed E-state index contributed by atoms with van der Waals surface area (Å²) in [7, 11) is 1.36. The molecule has 0 aromatic heterocycles. The van der Waals surface area contributed by atoms with Crippen LogP contribution in [0.25, 0.3) is 0 Å². The molecule has 0 saturated heterocycles. The molecule has 0 amide bonds. The standard InChI is InChI=1S/C13H16BrClO3/c1-3-4-5-12(13(16)17-2)18-11-7-6-9(15)8-10(11)14/h6-8,12H,3-5H2,1-2H3. The smallest absolute Gasteiger partial charge is 0.347 e. The van der Waals surface area contributed by atoms with E-state index in [4.69, 9.17) is 21.1 Å². The molecule has 18 heavy (non-hydrogen) atoms. The van der Waals surface area contributed by atoms with Gasteiger partial charge in [0, 0.05) is 5.02 Å². The van der Waals surface area contributed by atoms with E-state index in [-0.39, 0.29) is 5.97 Å². The maximum absolute atomic E-state index is 11.6. The second-order valence-electron chi connectivity index (χ2n) is 3.85. The molecule has 0 radical (unpaired) electrons. The summed E-state index contributed by atoms with van der Waals surface area (Å²) in [5.74, 6) is 0.233. The molecule has 0 aliphatic heterocycles. The van der Waals surface area contributed by atoms with E-state index in [2.05, 4.69) is 22.9 Å². The third kappa shape index (κ3) is 4.50. The van der Waals surface area contributed by atoms with Gasteiger partial charge in [-0.1, -0.05) is 24.9 Å². The zero-order valence-electron chi connectivity index (χ0n) is 10.4. The minimum absolute atomic E-state index is 0.356. The van der Waals surface area contributed by atoms with E-state index in [0.717, 1.165) is 17.3 Å². The highest BCUT2D eigenvalue weighted by atomic mass is 79.9. The van der Waals surface area contributed by atoms with Crippen LogP contribution in [0, 0.1) is 0 Å². The van der Waals surface area contributed by atoms with Gasteiger partial charge >= 0.3 is 5.97 Å². The van der Waals surface area contributed by atoms with E-state index in [1.165, 1.54) is 7.11 Å². The lowest BCUT2D eigenvalue weighted by atomic mass is 10.1. The Morgan fingerprint density at radius 2 is 2.22 bits per heavy atom. The maximum atomic E-state index is 11.6. The van der Waals surface area contributed by atoms with Gasteiger partial charge in [-0.15, -0.1) is 0 Å². The second kappa shape index (κ2) is 7.64. The Morgan fingerprint density at radius 1 is 1.50 bits per heavy atom. The van der Waals surface area contributed by atoms with Crippen molar-refractivity contribution in [2.75, 3.05) is 7.11 Å². The van der Waals surface area contributed by atoms with Crippen LogP contribution >= 0.6 is 27.5 Å². The minimum atomic E-state index is -0.576. The SMILES string of the molecule is CCCCC(Oc1ccc(Cl)cc1Br)C(=O)OC. The second-order valence-corrected chi connectivity index (χ2v) is 5.14. The van der Waals surface area contributed by atoms with Crippen LogP contribution in [0.1, 0.15) is 26.2 Å². The Morgan fingerprint density at radius 3 is 2.78 bits per heavy atom. The molecule has 1 aromatic carbocycles. The fourth-order valence-electron chi connectivity index (χ4n) is 1.47. The summed E-state index contributed by atoms with van der Waals surface area (Å²) < 4.78 is 11.1. The van der Waals surface area contributed by atoms with Crippen LogP contribution in [0.5, 0.6) is 5.75 Å². The number of methoxy groups -OCH3 is 1. The number of carbonyl (C=O) groups excluding carboxylic acids is 1. The molecule has 3 nitrogen and oxygen atoms in total. The lowest BCUT2D eigenvalue weighted by Crippen LogP contribution is -2.28. The van der Waals surface area contributed by atoms with Gasteiger partial charge in [-0.05, 0) is 47.0 Å². The minimum Gasteiger partial charge on any atom is -0.478 e. The molecule has 1 atom stereocenters. The van der Waals surface area contributed by atoms with Crippen molar-refractivity contribution >= 4 is 33.5 Å². The Kier molecular flexibility index (Phi) is 6.50. The summed E-state index contributed by atoms with van der Waals surface area (Å²) in [5, 5.41) is 0.609. The van der Waals surface area contributed by atoms with Crippen molar-refractivity contribution < 1.29 is 14.3 Å². The van der Waals surface area contributed by atoms with Gasteiger partial charge in [0.1, 0.15) is 5.75 Å². The van der Waals surface area contributed by atoms with Gasteiger partial charge in [-0.25, -0.2) is 4.79 Å². The van der Waals surface area contributed by atoms with E-state index in [0.29, 0.717) is 17.2 Å². The number of rotatable bonds is 6. The summed E-state index contributed by atoms with van der Waals surface area (Å²) in [4.78, 5) is 11.6. The quantitative estimate of drug-likeness (QED) is 0.730. The Labute approximate surface area is 121 Å². The first-order chi connectivity index (χ1) is 8.58. The van der Waals surface area contributed by atoms with E-state index in [1.807, 2.05) is 0 Å². The van der Waals surface area contributed by atoms with Gasteiger partial charge in [0.15, 0.2) is 6.10 Å². The monoisotopic (exact) mass is 334 g/mol. The van der Waals surface area contributed by atoms with Crippen LogP contribution in [0.4, 0.5) is 0 Å². The number of benzene rings is 1. The number of hydrogen-bond acceptors (Lipinski definition) is 3. The molecule has 0 saturated carbocycles. The van der Waals surface area contributed by atoms with Crippen LogP contribution in [0.15, 0.2) is 22.7 Å². The van der Waals surface area contributed by atoms with Crippen molar-refractivity contribution in [3.05, 3.63) is 27.7 Å². The molecule has 1 rings (SSSR count). The molecular weight excluding hydrogens is 319 g/mol. The van der Waals surface area contributed by atoms with Crippen molar-refractivity contribution in [2.24, 2.45) is 0 Å². The first kappa shape index (κ1) is 15.3. The molecule has 0 spiro atoms. The molecule has 0 fully saturated rings. The summed E-state index contributed by atoms with van der Waals surface area (Å²) in [5.41, 5.74) is 0. The van der Waals surface area contributed by atoms with Gasteiger partial charge in [0.25, 0.3) is 0 Å². The summed E-state index contributed by atoms with van der Waals surface area (Å²) in [6.45, 7) is 2.06. The van der Waals surface area contributed by atoms with E-state index >= 15 is 0 Å². The van der Waals surface area contributed by atoms with Crippen molar-refractivity contribution in [2.45, 2.75) is 32.3 Å². The molecule has 0 bridgehead atoms. The maximum Gasteiger partial charge on any atom is 0.347 e. The third-order valence-electron chi connectivity index (χ3n) is 2.45. The molecule has 0 heterocycles. The summed E-state index contributed by atoms with van der Waals surface area (Å²) in [6.07, 6.45) is 1.97. The fourth-order valence-corrected chi connectivity index (χ4v) is 2.25. The lowest BCUT2D eigenvalue weighted by molar-refractivity contribution is -0.149. The van der Waals surface area contributed by atoms with Gasteiger partial charge < -0.3 is 9.47 Å². The first-order valence-electron chi connectivity index (χ1n) is 5.78. The Bertz CT molecular complexity index is 409. The van der Waals surface area contributed by atoms with Crippen LogP contribution < -0.4 is 4.74 Å². The number of hydrogen-bond donors (Lipinski definition) is 0. The highest BCUT2D eigenvalue weighted by Crippen LogP contribution is 2.29. The summed E-state index contributed by atoms with van der Waals surface area (Å²) >= 11 is 9.20. The predicted molar refractivity (Wildman–Crippen MR) is 75.1 cm³/mol. The zero-order chi connectivity index (χ0) is 13.5. The topological polar surface area (TPSA) is 35.5 Å². The van der Waals surface area contributed by atoms with Gasteiger partial charge in [-0.3, -0.25) is 0 Å². The van der Waals surface area contributed by atoms with Crippen molar-refractivity contribution in [3.8, 4) is 5.75 Å². The highest BCUT2D eigenvalue weighted by molar-refractivity contribution is 9.10. The number of esters is 1. The first-order valence-corrected chi connectivity index (χ1v) is 6.95. The van der Waals surface area contributed by atoms with Gasteiger partial charge in [-0.2, -0.15) is 0 Å². The van der Waals surface area contributed by atoms with Crippen LogP contribution in [0.2, 0.25) is 5.02 Å². The van der Waals surface area contributed by atoms with Crippen LogP contribution in [-0.4, -0.2) is 19.2 Å². The summed E-state index contributed by atoms with van der Waals surface area (Å²) in [6, 6.07) is 5.18. The number of unbranched alkanes of at least 4 members (excludes halogenated alkanes) is 1. The molecule has 1 unspecified atom stereocenters. The van der Waals surface area contributed by atoms with E-state index in [9.17, 15) is 4.79 Å². The van der Waals surface area contributed by atoms with Crippen molar-refractivity contribution in [3.63, 3.8) is 0 Å². The van der Waals surface area contributed by atoms with Gasteiger partial charge in [0.2, 0.25) is 0 Å². The Balaban J connectivity index is 2.78. The third-order valence-corrected chi connectivity index (χ3v) is 3.30. The molecular formula is C13H16BrClO3. The average molecular weight is 336 g/mol. The largest absolute Gasteiger partial charge is 0.478 e. The van der Waals surface area contributed by atoms with Gasteiger partial charge in [0.05, 0.1) is 11.6 Å². The Hall–Kier alpha value is -0.740. The van der Waals surface area contributed by atoms with Crippen LogP contribution in [0.3, 0.4) is 0 Å².